The highest BCUT2D eigenvalue weighted by molar-refractivity contribution is 5.83. The second-order valence-electron chi connectivity index (χ2n) is 6.06. The van der Waals surface area contributed by atoms with Crippen molar-refractivity contribution >= 4 is 17.2 Å². The van der Waals surface area contributed by atoms with Gasteiger partial charge in [0, 0.05) is 25.2 Å². The average Bonchev–Trinajstić information content (AvgIpc) is 2.89. The lowest BCUT2D eigenvalue weighted by atomic mass is 10.0. The molecule has 0 aliphatic heterocycles. The van der Waals surface area contributed by atoms with E-state index in [2.05, 4.69) is 10.4 Å². The normalized spacial score (nSPS) is 10.9. The fourth-order valence-electron chi connectivity index (χ4n) is 2.95. The Bertz CT molecular complexity index is 1110. The van der Waals surface area contributed by atoms with Gasteiger partial charge >= 0.3 is 0 Å². The van der Waals surface area contributed by atoms with Gasteiger partial charge in [-0.25, -0.2) is 17.6 Å². The third-order valence-corrected chi connectivity index (χ3v) is 4.20. The maximum Gasteiger partial charge on any atom is 0.298 e. The Morgan fingerprint density at radius 3 is 2.24 bits per heavy atom. The first-order chi connectivity index (χ1) is 13.6. The van der Waals surface area contributed by atoms with Gasteiger partial charge < -0.3 is 10.1 Å². The molecule has 0 amide bonds. The van der Waals surface area contributed by atoms with Crippen LogP contribution < -0.4 is 10.1 Å². The van der Waals surface area contributed by atoms with Crippen molar-refractivity contribution in [1.82, 2.24) is 9.78 Å². The topological polar surface area (TPSA) is 82.2 Å². The third kappa shape index (κ3) is 3.58. The Balaban J connectivity index is 2.23. The van der Waals surface area contributed by atoms with Gasteiger partial charge in [-0.3, -0.25) is 14.8 Å². The van der Waals surface area contributed by atoms with E-state index in [0.29, 0.717) is 12.1 Å². The van der Waals surface area contributed by atoms with Gasteiger partial charge in [-0.2, -0.15) is 5.10 Å². The molecule has 1 heterocycles. The lowest BCUT2D eigenvalue weighted by Gasteiger charge is -2.13. The molecule has 152 valence electrons. The fourth-order valence-corrected chi connectivity index (χ4v) is 2.95. The van der Waals surface area contributed by atoms with Gasteiger partial charge in [-0.15, -0.1) is 0 Å². The molecular weight excluding hydrogens is 396 g/mol. The summed E-state index contributed by atoms with van der Waals surface area (Å²) in [6.07, 6.45) is 0. The number of nitrogens with zero attached hydrogens (tertiary/aromatic N) is 3. The number of hydrogen-bond donors (Lipinski definition) is 1. The Morgan fingerprint density at radius 1 is 1.07 bits per heavy atom. The summed E-state index contributed by atoms with van der Waals surface area (Å²) in [5.74, 6) is -4.53. The predicted octanol–water partition coefficient (Wildman–Crippen LogP) is 4.61. The zero-order valence-electron chi connectivity index (χ0n) is 15.4. The van der Waals surface area contributed by atoms with E-state index in [1.165, 1.54) is 21.1 Å². The summed E-state index contributed by atoms with van der Waals surface area (Å²) in [6, 6.07) is 2.89. The van der Waals surface area contributed by atoms with Crippen LogP contribution in [0, 0.1) is 40.3 Å². The van der Waals surface area contributed by atoms with Gasteiger partial charge in [0.2, 0.25) is 0 Å². The molecule has 7 nitrogen and oxygen atoms in total. The Morgan fingerprint density at radius 2 is 1.69 bits per heavy atom. The Labute approximate surface area is 161 Å². The number of nitro benzene ring substituents is 1. The minimum atomic E-state index is -1.25. The fraction of sp³-hybridized carbons (Fsp3) is 0.167. The molecule has 3 rings (SSSR count). The molecule has 0 bridgehead atoms. The van der Waals surface area contributed by atoms with Crippen molar-refractivity contribution in [1.29, 1.82) is 0 Å². The minimum Gasteiger partial charge on any atom is -0.497 e. The van der Waals surface area contributed by atoms with E-state index in [4.69, 9.17) is 4.74 Å². The molecule has 3 aromatic rings. The van der Waals surface area contributed by atoms with Crippen LogP contribution in [0.3, 0.4) is 0 Å². The number of hydrogen-bond acceptors (Lipinski definition) is 5. The van der Waals surface area contributed by atoms with Gasteiger partial charge in [0.05, 0.1) is 34.9 Å². The van der Waals surface area contributed by atoms with Crippen LogP contribution in [0.15, 0.2) is 24.3 Å². The number of nitro groups is 1. The highest BCUT2D eigenvalue weighted by Crippen LogP contribution is 2.40. The summed E-state index contributed by atoms with van der Waals surface area (Å²) < 4.78 is 62.9. The standard InChI is InChI=1S/C18H14F4N4O3/c1-8-15(16-11(20)6-10(29-3)7-12(16)21)18(25(2)24-8)23-17-13(22)4-9(19)5-14(17)26(27)28/h4-7,23H,1-3H3. The number of aromatic nitrogens is 2. The lowest BCUT2D eigenvalue weighted by molar-refractivity contribution is -0.384. The van der Waals surface area contributed by atoms with Crippen molar-refractivity contribution in [3.63, 3.8) is 0 Å². The molecule has 0 saturated heterocycles. The van der Waals surface area contributed by atoms with E-state index in [1.807, 2.05) is 0 Å². The van der Waals surface area contributed by atoms with Gasteiger partial charge in [0.1, 0.15) is 29.0 Å². The first kappa shape index (κ1) is 20.1. The molecule has 0 aliphatic rings. The zero-order valence-corrected chi connectivity index (χ0v) is 15.4. The third-order valence-electron chi connectivity index (χ3n) is 4.20. The monoisotopic (exact) mass is 410 g/mol. The highest BCUT2D eigenvalue weighted by atomic mass is 19.1. The van der Waals surface area contributed by atoms with Crippen LogP contribution >= 0.6 is 0 Å². The summed E-state index contributed by atoms with van der Waals surface area (Å²) in [4.78, 5) is 10.2. The molecule has 2 aromatic carbocycles. The number of benzene rings is 2. The van der Waals surface area contributed by atoms with E-state index in [9.17, 15) is 27.7 Å². The second kappa shape index (κ2) is 7.41. The molecule has 1 aromatic heterocycles. The molecule has 29 heavy (non-hydrogen) atoms. The minimum absolute atomic E-state index is 0.0555. The average molecular weight is 410 g/mol. The number of halogens is 4. The van der Waals surface area contributed by atoms with E-state index in [0.717, 1.165) is 16.8 Å². The zero-order chi connectivity index (χ0) is 21.5. The van der Waals surface area contributed by atoms with Crippen molar-refractivity contribution in [3.05, 3.63) is 63.3 Å². The summed E-state index contributed by atoms with van der Waals surface area (Å²) in [5.41, 5.74) is -1.95. The second-order valence-corrected chi connectivity index (χ2v) is 6.06. The van der Waals surface area contributed by atoms with Crippen molar-refractivity contribution in [3.8, 4) is 16.9 Å². The first-order valence-electron chi connectivity index (χ1n) is 8.11. The highest BCUT2D eigenvalue weighted by Gasteiger charge is 2.27. The number of anilines is 2. The van der Waals surface area contributed by atoms with Crippen LogP contribution in [0.1, 0.15) is 5.69 Å². The summed E-state index contributed by atoms with van der Waals surface area (Å²) in [5, 5.41) is 17.7. The van der Waals surface area contributed by atoms with E-state index in [1.54, 1.807) is 0 Å². The largest absolute Gasteiger partial charge is 0.497 e. The number of methoxy groups -OCH3 is 1. The van der Waals surface area contributed by atoms with Gasteiger partial charge in [-0.1, -0.05) is 0 Å². The number of ether oxygens (including phenoxy) is 1. The smallest absolute Gasteiger partial charge is 0.298 e. The van der Waals surface area contributed by atoms with Crippen molar-refractivity contribution in [2.24, 2.45) is 7.05 Å². The van der Waals surface area contributed by atoms with Crippen LogP contribution in [-0.4, -0.2) is 21.8 Å². The molecule has 0 atom stereocenters. The van der Waals surface area contributed by atoms with Crippen LogP contribution in [0.2, 0.25) is 0 Å². The predicted molar refractivity (Wildman–Crippen MR) is 96.1 cm³/mol. The molecular formula is C18H14F4N4O3. The van der Waals surface area contributed by atoms with E-state index in [-0.39, 0.29) is 22.8 Å². The quantitative estimate of drug-likeness (QED) is 0.377. The number of nitrogens with one attached hydrogen (secondary N) is 1. The summed E-state index contributed by atoms with van der Waals surface area (Å²) >= 11 is 0. The molecule has 11 heteroatoms. The first-order valence-corrected chi connectivity index (χ1v) is 8.11. The van der Waals surface area contributed by atoms with Crippen molar-refractivity contribution in [2.75, 3.05) is 12.4 Å². The summed E-state index contributed by atoms with van der Waals surface area (Å²) in [6.45, 7) is 1.46. The Hall–Kier alpha value is -3.63. The van der Waals surface area contributed by atoms with Gasteiger partial charge in [0.25, 0.3) is 5.69 Å². The van der Waals surface area contributed by atoms with Crippen LogP contribution in [0.4, 0.5) is 34.8 Å². The Kier molecular flexibility index (Phi) is 5.14. The molecule has 0 unspecified atom stereocenters. The van der Waals surface area contributed by atoms with Gasteiger partial charge in [-0.05, 0) is 6.92 Å². The van der Waals surface area contributed by atoms with Crippen molar-refractivity contribution in [2.45, 2.75) is 6.92 Å². The maximum absolute atomic E-state index is 14.6. The molecule has 0 aliphatic carbocycles. The summed E-state index contributed by atoms with van der Waals surface area (Å²) in [7, 11) is 2.64. The van der Waals surface area contributed by atoms with Crippen LogP contribution in [-0.2, 0) is 7.05 Å². The number of aryl methyl sites for hydroxylation is 2. The van der Waals surface area contributed by atoms with Crippen molar-refractivity contribution < 1.29 is 27.2 Å². The molecule has 0 radical (unpaired) electrons. The van der Waals surface area contributed by atoms with Gasteiger partial charge in [0.15, 0.2) is 11.5 Å². The van der Waals surface area contributed by atoms with E-state index >= 15 is 0 Å². The molecule has 1 N–H and O–H groups in total. The molecule has 0 spiro atoms. The molecule has 0 saturated carbocycles. The maximum atomic E-state index is 14.6. The lowest BCUT2D eigenvalue weighted by Crippen LogP contribution is -2.06. The van der Waals surface area contributed by atoms with Crippen LogP contribution in [0.25, 0.3) is 11.1 Å². The van der Waals surface area contributed by atoms with E-state index < -0.39 is 45.1 Å². The number of rotatable bonds is 5. The van der Waals surface area contributed by atoms with Crippen LogP contribution in [0.5, 0.6) is 5.75 Å². The molecule has 0 fully saturated rings. The SMILES string of the molecule is COc1cc(F)c(-c2c(C)nn(C)c2Nc2c(F)cc(F)cc2[N+](=O)[O-])c(F)c1.